The first-order chi connectivity index (χ1) is 12.5. The van der Waals surface area contributed by atoms with Crippen molar-refractivity contribution in [2.75, 3.05) is 11.9 Å². The Morgan fingerprint density at radius 2 is 2.04 bits per heavy atom. The van der Waals surface area contributed by atoms with E-state index in [4.69, 9.17) is 11.6 Å². The molecule has 0 radical (unpaired) electrons. The van der Waals surface area contributed by atoms with Crippen LogP contribution in [0.25, 0.3) is 0 Å². The Balaban J connectivity index is 0.000000431. The van der Waals surface area contributed by atoms with Crippen LogP contribution in [-0.4, -0.2) is 33.3 Å². The molecule has 2 heterocycles. The van der Waals surface area contributed by atoms with E-state index in [-0.39, 0.29) is 11.7 Å². The summed E-state index contributed by atoms with van der Waals surface area (Å²) >= 11 is 6.03. The highest BCUT2D eigenvalue weighted by molar-refractivity contribution is 6.33. The topological polar surface area (TPSA) is 67.2 Å². The molecule has 0 saturated heterocycles. The molecule has 0 spiro atoms. The Labute approximate surface area is 156 Å². The summed E-state index contributed by atoms with van der Waals surface area (Å²) in [7, 11) is 0. The zero-order chi connectivity index (χ0) is 19.1. The predicted octanol–water partition coefficient (Wildman–Crippen LogP) is 3.64. The van der Waals surface area contributed by atoms with Crippen molar-refractivity contribution >= 4 is 29.6 Å². The number of hydrogen-bond donors (Lipinski definition) is 1. The number of allylic oxidation sites excluding steroid dienone is 2. The monoisotopic (exact) mass is 378 g/mol. The van der Waals surface area contributed by atoms with E-state index < -0.39 is 0 Å². The van der Waals surface area contributed by atoms with Gasteiger partial charge in [0.25, 0.3) is 5.91 Å². The van der Waals surface area contributed by atoms with Gasteiger partial charge in [0.2, 0.25) is 6.41 Å². The number of carbonyl (C=O) groups is 2. The van der Waals surface area contributed by atoms with Crippen LogP contribution in [0.1, 0.15) is 30.2 Å². The zero-order valence-electron chi connectivity index (χ0n) is 14.6. The first kappa shape index (κ1) is 19.7. The minimum absolute atomic E-state index is 0.120. The fraction of sp³-hybridized carbons (Fsp3) is 0.278. The smallest absolute Gasteiger partial charge is 0.273 e. The number of fused-ring (bicyclic) bond motifs is 1. The first-order valence-corrected chi connectivity index (χ1v) is 8.42. The number of rotatable bonds is 3. The molecule has 8 heteroatoms. The highest BCUT2D eigenvalue weighted by Crippen LogP contribution is 2.22. The molecule has 2 aromatic rings. The number of nitrogens with one attached hydrogen (secondary N) is 1. The molecule has 0 unspecified atom stereocenters. The van der Waals surface area contributed by atoms with Gasteiger partial charge < -0.3 is 14.8 Å². The summed E-state index contributed by atoms with van der Waals surface area (Å²) in [6, 6.07) is 7.05. The standard InChI is InChI=1S/C14H13ClN4O2.C4H7F/c15-10-3-1-2-4-11(10)17-14(21)12-7-16-13-8-18(9-20)5-6-19(12)13;1-3-4(2)5/h1-4,7,9H,5-6,8H2,(H,17,21);3H,1-2H3/b;4-3+. The molecule has 2 amide bonds. The summed E-state index contributed by atoms with van der Waals surface area (Å²) in [5.74, 6) is 0.323. The van der Waals surface area contributed by atoms with Gasteiger partial charge in [0, 0.05) is 13.1 Å². The molecule has 1 aliphatic rings. The quantitative estimate of drug-likeness (QED) is 0.829. The lowest BCUT2D eigenvalue weighted by atomic mass is 10.3. The van der Waals surface area contributed by atoms with Crippen molar-refractivity contribution in [1.82, 2.24) is 14.5 Å². The fourth-order valence-electron chi connectivity index (χ4n) is 2.30. The Bertz CT molecular complexity index is 815. The van der Waals surface area contributed by atoms with Crippen LogP contribution in [0.15, 0.2) is 42.4 Å². The fourth-order valence-corrected chi connectivity index (χ4v) is 2.48. The van der Waals surface area contributed by atoms with Gasteiger partial charge in [0.1, 0.15) is 11.5 Å². The number of para-hydroxylation sites is 1. The summed E-state index contributed by atoms with van der Waals surface area (Å²) in [6.45, 7) is 4.62. The van der Waals surface area contributed by atoms with E-state index in [0.717, 1.165) is 6.41 Å². The lowest BCUT2D eigenvalue weighted by Gasteiger charge is -2.24. The average Bonchev–Trinajstić information content (AvgIpc) is 3.07. The molecule has 0 atom stereocenters. The normalized spacial score (nSPS) is 13.4. The Kier molecular flexibility index (Phi) is 6.91. The van der Waals surface area contributed by atoms with Gasteiger partial charge in [0.05, 0.1) is 29.3 Å². The van der Waals surface area contributed by atoms with Gasteiger partial charge in [-0.25, -0.2) is 9.37 Å². The maximum atomic E-state index is 12.3. The van der Waals surface area contributed by atoms with Crippen LogP contribution in [0.3, 0.4) is 0 Å². The second-order valence-corrected chi connectivity index (χ2v) is 6.00. The molecular weight excluding hydrogens is 359 g/mol. The largest absolute Gasteiger partial charge is 0.336 e. The summed E-state index contributed by atoms with van der Waals surface area (Å²) in [5, 5.41) is 3.26. The second kappa shape index (κ2) is 9.15. The number of amides is 2. The Morgan fingerprint density at radius 3 is 2.65 bits per heavy atom. The molecule has 1 N–H and O–H groups in total. The van der Waals surface area contributed by atoms with Crippen molar-refractivity contribution < 1.29 is 14.0 Å². The van der Waals surface area contributed by atoms with E-state index >= 15 is 0 Å². The van der Waals surface area contributed by atoms with Gasteiger partial charge in [-0.15, -0.1) is 0 Å². The molecule has 3 rings (SSSR count). The van der Waals surface area contributed by atoms with E-state index in [1.165, 1.54) is 19.2 Å². The third kappa shape index (κ3) is 4.92. The number of imidazole rings is 1. The third-order valence-corrected chi connectivity index (χ3v) is 4.12. The second-order valence-electron chi connectivity index (χ2n) is 5.60. The van der Waals surface area contributed by atoms with Crippen LogP contribution in [0, 0.1) is 0 Å². The van der Waals surface area contributed by atoms with Crippen LogP contribution in [-0.2, 0) is 17.9 Å². The van der Waals surface area contributed by atoms with Gasteiger partial charge in [-0.1, -0.05) is 29.8 Å². The van der Waals surface area contributed by atoms with E-state index in [2.05, 4.69) is 10.3 Å². The SMILES string of the molecule is C/C=C(\C)F.O=CN1CCn2c(C(=O)Nc3ccccc3Cl)cnc2C1. The number of nitrogens with zero attached hydrogens (tertiary/aromatic N) is 3. The average molecular weight is 379 g/mol. The van der Waals surface area contributed by atoms with Crippen LogP contribution in [0.2, 0.25) is 5.02 Å². The van der Waals surface area contributed by atoms with Crippen LogP contribution >= 0.6 is 11.6 Å². The number of halogens is 2. The lowest BCUT2D eigenvalue weighted by Crippen LogP contribution is -2.34. The number of hydrogen-bond acceptors (Lipinski definition) is 3. The lowest BCUT2D eigenvalue weighted by molar-refractivity contribution is -0.119. The highest BCUT2D eigenvalue weighted by Gasteiger charge is 2.22. The Hall–Kier alpha value is -2.67. The Morgan fingerprint density at radius 1 is 1.35 bits per heavy atom. The molecule has 138 valence electrons. The molecule has 26 heavy (non-hydrogen) atoms. The molecule has 0 aliphatic carbocycles. The number of carbonyl (C=O) groups excluding carboxylic acids is 2. The zero-order valence-corrected chi connectivity index (χ0v) is 15.3. The van der Waals surface area contributed by atoms with E-state index in [9.17, 15) is 14.0 Å². The van der Waals surface area contributed by atoms with Crippen molar-refractivity contribution in [1.29, 1.82) is 0 Å². The predicted molar refractivity (Wildman–Crippen MR) is 98.6 cm³/mol. The minimum Gasteiger partial charge on any atom is -0.336 e. The number of anilines is 1. The minimum atomic E-state index is -0.263. The van der Waals surface area contributed by atoms with Crippen LogP contribution in [0.4, 0.5) is 10.1 Å². The first-order valence-electron chi connectivity index (χ1n) is 8.04. The summed E-state index contributed by atoms with van der Waals surface area (Å²) < 4.78 is 13.1. The molecule has 0 saturated carbocycles. The highest BCUT2D eigenvalue weighted by atomic mass is 35.5. The summed E-state index contributed by atoms with van der Waals surface area (Å²) in [5.41, 5.74) is 1.03. The maximum absolute atomic E-state index is 12.3. The third-order valence-electron chi connectivity index (χ3n) is 3.80. The van der Waals surface area contributed by atoms with E-state index in [1.54, 1.807) is 36.1 Å². The summed E-state index contributed by atoms with van der Waals surface area (Å²) in [4.78, 5) is 29.0. The van der Waals surface area contributed by atoms with Crippen molar-refractivity contribution in [2.24, 2.45) is 0 Å². The van der Waals surface area contributed by atoms with Gasteiger partial charge in [0.15, 0.2) is 0 Å². The van der Waals surface area contributed by atoms with Gasteiger partial charge >= 0.3 is 0 Å². The van der Waals surface area contributed by atoms with Crippen molar-refractivity contribution in [3.8, 4) is 0 Å². The molecule has 0 fully saturated rings. The molecule has 1 aliphatic heterocycles. The van der Waals surface area contributed by atoms with E-state index in [1.807, 2.05) is 4.57 Å². The van der Waals surface area contributed by atoms with Crippen molar-refractivity contribution in [3.63, 3.8) is 0 Å². The van der Waals surface area contributed by atoms with Crippen molar-refractivity contribution in [3.05, 3.63) is 58.9 Å². The van der Waals surface area contributed by atoms with Crippen LogP contribution in [0.5, 0.6) is 0 Å². The van der Waals surface area contributed by atoms with Gasteiger partial charge in [-0.2, -0.15) is 0 Å². The maximum Gasteiger partial charge on any atom is 0.273 e. The molecule has 1 aromatic carbocycles. The van der Waals surface area contributed by atoms with E-state index in [0.29, 0.717) is 41.9 Å². The number of benzene rings is 1. The van der Waals surface area contributed by atoms with Crippen molar-refractivity contribution in [2.45, 2.75) is 26.9 Å². The number of aromatic nitrogens is 2. The molecule has 0 bridgehead atoms. The molecule has 6 nitrogen and oxygen atoms in total. The molecule has 1 aromatic heterocycles. The van der Waals surface area contributed by atoms with Crippen LogP contribution < -0.4 is 5.32 Å². The van der Waals surface area contributed by atoms with Gasteiger partial charge in [-0.3, -0.25) is 9.59 Å². The van der Waals surface area contributed by atoms with Gasteiger partial charge in [-0.05, 0) is 26.0 Å². The molecular formula is C18H20ClFN4O2. The summed E-state index contributed by atoms with van der Waals surface area (Å²) in [6.07, 6.45) is 3.73.